The maximum absolute atomic E-state index is 6.07. The molecule has 0 radical (unpaired) electrons. The summed E-state index contributed by atoms with van der Waals surface area (Å²) in [5, 5.41) is 4.79. The predicted octanol–water partition coefficient (Wildman–Crippen LogP) is 2.88. The van der Waals surface area contributed by atoms with Gasteiger partial charge in [-0.15, -0.1) is 0 Å². The molecular weight excluding hydrogens is 284 g/mol. The maximum atomic E-state index is 6.07. The Morgan fingerprint density at radius 1 is 1.47 bits per heavy atom. The monoisotopic (exact) mass is 298 g/mol. The molecule has 0 spiro atoms. The molecular formula is C12H15ClN4OS. The molecule has 5 nitrogen and oxygen atoms in total. The van der Waals surface area contributed by atoms with Crippen LogP contribution in [0.3, 0.4) is 0 Å². The van der Waals surface area contributed by atoms with Gasteiger partial charge in [-0.3, -0.25) is 4.98 Å². The zero-order chi connectivity index (χ0) is 13.8. The van der Waals surface area contributed by atoms with Crippen molar-refractivity contribution in [3.05, 3.63) is 28.4 Å². The minimum Gasteiger partial charge on any atom is -0.480 e. The molecule has 0 amide bonds. The first-order valence-corrected chi connectivity index (χ1v) is 6.85. The van der Waals surface area contributed by atoms with Gasteiger partial charge in [0.2, 0.25) is 5.88 Å². The van der Waals surface area contributed by atoms with Gasteiger partial charge in [0.25, 0.3) is 0 Å². The molecule has 0 atom stereocenters. The molecule has 0 aromatic carbocycles. The second-order valence-electron chi connectivity index (χ2n) is 4.03. The van der Waals surface area contributed by atoms with E-state index in [1.807, 2.05) is 19.0 Å². The molecule has 19 heavy (non-hydrogen) atoms. The van der Waals surface area contributed by atoms with E-state index < -0.39 is 0 Å². The van der Waals surface area contributed by atoms with Crippen LogP contribution in [0.25, 0.3) is 0 Å². The molecule has 1 N–H and O–H groups in total. The standard InChI is InChI=1S/C12H15ClN4OS/c1-17(2)12-16-11(18-3)10(19-12)7-15-9-6-14-5-4-8(9)13/h4-6,15H,7H2,1-3H3. The minimum atomic E-state index is 0.597. The number of thiazole rings is 1. The van der Waals surface area contributed by atoms with Crippen LogP contribution in [0.5, 0.6) is 5.88 Å². The molecule has 0 bridgehead atoms. The Morgan fingerprint density at radius 2 is 2.26 bits per heavy atom. The fourth-order valence-electron chi connectivity index (χ4n) is 1.47. The Balaban J connectivity index is 2.13. The lowest BCUT2D eigenvalue weighted by Crippen LogP contribution is -2.07. The second kappa shape index (κ2) is 6.08. The van der Waals surface area contributed by atoms with Gasteiger partial charge in [-0.05, 0) is 6.07 Å². The van der Waals surface area contributed by atoms with Crippen LogP contribution in [-0.4, -0.2) is 31.2 Å². The number of nitrogens with one attached hydrogen (secondary N) is 1. The third-order valence-corrected chi connectivity index (χ3v) is 3.97. The molecule has 0 fully saturated rings. The van der Waals surface area contributed by atoms with Gasteiger partial charge in [-0.25, -0.2) is 0 Å². The van der Waals surface area contributed by atoms with E-state index in [4.69, 9.17) is 16.3 Å². The van der Waals surface area contributed by atoms with Crippen LogP contribution in [0.2, 0.25) is 5.02 Å². The van der Waals surface area contributed by atoms with Crippen molar-refractivity contribution < 1.29 is 4.74 Å². The van der Waals surface area contributed by atoms with Crippen molar-refractivity contribution in [2.45, 2.75) is 6.54 Å². The number of anilines is 2. The van der Waals surface area contributed by atoms with Crippen LogP contribution in [-0.2, 0) is 6.54 Å². The zero-order valence-electron chi connectivity index (χ0n) is 11.0. The summed E-state index contributed by atoms with van der Waals surface area (Å²) in [4.78, 5) is 11.4. The third kappa shape index (κ3) is 3.27. The van der Waals surface area contributed by atoms with Crippen LogP contribution >= 0.6 is 22.9 Å². The second-order valence-corrected chi connectivity index (χ2v) is 5.50. The third-order valence-electron chi connectivity index (χ3n) is 2.43. The normalized spacial score (nSPS) is 10.3. The molecule has 0 aliphatic rings. The molecule has 0 saturated heterocycles. The molecule has 0 aliphatic carbocycles. The Kier molecular flexibility index (Phi) is 4.44. The first-order valence-electron chi connectivity index (χ1n) is 5.66. The number of rotatable bonds is 5. The highest BCUT2D eigenvalue weighted by molar-refractivity contribution is 7.15. The van der Waals surface area contributed by atoms with E-state index in [1.165, 1.54) is 0 Å². The number of pyridine rings is 1. The summed E-state index contributed by atoms with van der Waals surface area (Å²) in [5.74, 6) is 0.640. The fourth-order valence-corrected chi connectivity index (χ4v) is 2.54. The van der Waals surface area contributed by atoms with Crippen molar-refractivity contribution in [2.75, 3.05) is 31.4 Å². The average molecular weight is 299 g/mol. The Labute approximate surface area is 121 Å². The lowest BCUT2D eigenvalue weighted by atomic mass is 10.4. The van der Waals surface area contributed by atoms with Crippen molar-refractivity contribution in [3.63, 3.8) is 0 Å². The van der Waals surface area contributed by atoms with E-state index >= 15 is 0 Å². The summed E-state index contributed by atoms with van der Waals surface area (Å²) in [6.45, 7) is 0.597. The Bertz CT molecular complexity index is 558. The van der Waals surface area contributed by atoms with Gasteiger partial charge in [0.15, 0.2) is 5.13 Å². The van der Waals surface area contributed by atoms with Crippen LogP contribution in [0, 0.1) is 0 Å². The van der Waals surface area contributed by atoms with E-state index in [1.54, 1.807) is 36.9 Å². The number of aromatic nitrogens is 2. The van der Waals surface area contributed by atoms with E-state index in [-0.39, 0.29) is 0 Å². The average Bonchev–Trinajstić information content (AvgIpc) is 2.81. The highest BCUT2D eigenvalue weighted by Crippen LogP contribution is 2.31. The summed E-state index contributed by atoms with van der Waals surface area (Å²) >= 11 is 7.65. The van der Waals surface area contributed by atoms with Gasteiger partial charge >= 0.3 is 0 Å². The molecule has 7 heteroatoms. The molecule has 0 saturated carbocycles. The molecule has 2 aromatic heterocycles. The van der Waals surface area contributed by atoms with Crippen molar-refractivity contribution in [3.8, 4) is 5.88 Å². The van der Waals surface area contributed by atoms with Crippen molar-refractivity contribution in [1.29, 1.82) is 0 Å². The number of nitrogens with zero attached hydrogens (tertiary/aromatic N) is 3. The number of hydrogen-bond acceptors (Lipinski definition) is 6. The minimum absolute atomic E-state index is 0.597. The topological polar surface area (TPSA) is 50.3 Å². The lowest BCUT2D eigenvalue weighted by Gasteiger charge is -2.06. The van der Waals surface area contributed by atoms with E-state index in [2.05, 4.69) is 15.3 Å². The van der Waals surface area contributed by atoms with Crippen molar-refractivity contribution in [1.82, 2.24) is 9.97 Å². The van der Waals surface area contributed by atoms with Crippen LogP contribution in [0.1, 0.15) is 4.88 Å². The Morgan fingerprint density at radius 3 is 2.89 bits per heavy atom. The molecule has 2 aromatic rings. The summed E-state index contributed by atoms with van der Waals surface area (Å²) in [6.07, 6.45) is 3.35. The summed E-state index contributed by atoms with van der Waals surface area (Å²) in [6, 6.07) is 1.75. The number of ether oxygens (including phenoxy) is 1. The quantitative estimate of drug-likeness (QED) is 0.920. The van der Waals surface area contributed by atoms with Crippen LogP contribution < -0.4 is 15.0 Å². The van der Waals surface area contributed by atoms with Gasteiger partial charge in [0, 0.05) is 20.3 Å². The number of methoxy groups -OCH3 is 1. The van der Waals surface area contributed by atoms with Crippen LogP contribution in [0.4, 0.5) is 10.8 Å². The van der Waals surface area contributed by atoms with Crippen molar-refractivity contribution in [2.24, 2.45) is 0 Å². The molecule has 2 rings (SSSR count). The van der Waals surface area contributed by atoms with Gasteiger partial charge in [-0.2, -0.15) is 4.98 Å². The SMILES string of the molecule is COc1nc(N(C)C)sc1CNc1cnccc1Cl. The van der Waals surface area contributed by atoms with Crippen LogP contribution in [0.15, 0.2) is 18.5 Å². The van der Waals surface area contributed by atoms with Crippen molar-refractivity contribution >= 4 is 33.8 Å². The summed E-state index contributed by atoms with van der Waals surface area (Å²) in [5.41, 5.74) is 0.797. The fraction of sp³-hybridized carbons (Fsp3) is 0.333. The molecule has 2 heterocycles. The Hall–Kier alpha value is -1.53. The summed E-state index contributed by atoms with van der Waals surface area (Å²) in [7, 11) is 5.52. The smallest absolute Gasteiger partial charge is 0.231 e. The van der Waals surface area contributed by atoms with Gasteiger partial charge < -0.3 is 15.0 Å². The van der Waals surface area contributed by atoms with E-state index in [0.717, 1.165) is 15.7 Å². The first kappa shape index (κ1) is 13.9. The van der Waals surface area contributed by atoms with Gasteiger partial charge in [0.05, 0.1) is 35.4 Å². The highest BCUT2D eigenvalue weighted by Gasteiger charge is 2.13. The molecule has 0 unspecified atom stereocenters. The van der Waals surface area contributed by atoms with E-state index in [0.29, 0.717) is 17.4 Å². The van der Waals surface area contributed by atoms with Gasteiger partial charge in [-0.1, -0.05) is 22.9 Å². The number of hydrogen-bond donors (Lipinski definition) is 1. The maximum Gasteiger partial charge on any atom is 0.231 e. The predicted molar refractivity (Wildman–Crippen MR) is 79.6 cm³/mol. The van der Waals surface area contributed by atoms with E-state index in [9.17, 15) is 0 Å². The molecule has 0 aliphatic heterocycles. The highest BCUT2D eigenvalue weighted by atomic mass is 35.5. The molecule has 102 valence electrons. The van der Waals surface area contributed by atoms with Gasteiger partial charge in [0.1, 0.15) is 0 Å². The first-order chi connectivity index (χ1) is 9.11. The number of halogens is 1. The summed E-state index contributed by atoms with van der Waals surface area (Å²) < 4.78 is 5.28. The zero-order valence-corrected chi connectivity index (χ0v) is 12.5. The lowest BCUT2D eigenvalue weighted by molar-refractivity contribution is 0.397. The largest absolute Gasteiger partial charge is 0.480 e.